The lowest BCUT2D eigenvalue weighted by atomic mass is 10.0. The minimum atomic E-state index is -0.155. The van der Waals surface area contributed by atoms with Crippen molar-refractivity contribution in [3.63, 3.8) is 0 Å². The molecule has 2 aromatic rings. The van der Waals surface area contributed by atoms with Crippen LogP contribution >= 0.6 is 0 Å². The molecule has 25 heavy (non-hydrogen) atoms. The molecular formula is C18H23N3O4. The third-order valence-corrected chi connectivity index (χ3v) is 4.54. The van der Waals surface area contributed by atoms with Crippen molar-refractivity contribution in [3.05, 3.63) is 35.2 Å². The van der Waals surface area contributed by atoms with Crippen LogP contribution in [0.1, 0.15) is 35.9 Å². The van der Waals surface area contributed by atoms with Crippen molar-refractivity contribution in [1.82, 2.24) is 10.1 Å². The van der Waals surface area contributed by atoms with Crippen molar-refractivity contribution in [2.24, 2.45) is 0 Å². The average Bonchev–Trinajstić information content (AvgIpc) is 3.20. The van der Waals surface area contributed by atoms with Crippen LogP contribution in [0, 0.1) is 13.8 Å². The number of nitrogens with one attached hydrogen (secondary N) is 1. The summed E-state index contributed by atoms with van der Waals surface area (Å²) >= 11 is 0. The number of benzene rings is 1. The molecule has 1 aromatic carbocycles. The van der Waals surface area contributed by atoms with Crippen molar-refractivity contribution in [3.8, 4) is 11.5 Å². The molecule has 2 heterocycles. The molecule has 0 spiro atoms. The van der Waals surface area contributed by atoms with E-state index in [1.165, 1.54) is 0 Å². The molecule has 2 amide bonds. The predicted molar refractivity (Wildman–Crippen MR) is 93.2 cm³/mol. The van der Waals surface area contributed by atoms with Crippen LogP contribution in [0.2, 0.25) is 0 Å². The Kier molecular flexibility index (Phi) is 4.83. The fraction of sp³-hybridized carbons (Fsp3) is 0.444. The number of rotatable bonds is 4. The maximum Gasteiger partial charge on any atom is 0.322 e. The minimum absolute atomic E-state index is 0.0150. The molecule has 0 saturated carbocycles. The fourth-order valence-electron chi connectivity index (χ4n) is 3.35. The van der Waals surface area contributed by atoms with Gasteiger partial charge in [-0.2, -0.15) is 0 Å². The van der Waals surface area contributed by atoms with Crippen LogP contribution in [0.5, 0.6) is 11.5 Å². The zero-order valence-electron chi connectivity index (χ0n) is 15.0. The normalized spacial score (nSPS) is 16.8. The molecule has 3 rings (SSSR count). The number of amides is 2. The molecule has 1 atom stereocenters. The first kappa shape index (κ1) is 17.1. The van der Waals surface area contributed by atoms with E-state index in [-0.39, 0.29) is 12.1 Å². The molecule has 134 valence electrons. The molecule has 1 aliphatic rings. The third kappa shape index (κ3) is 3.40. The summed E-state index contributed by atoms with van der Waals surface area (Å²) in [7, 11) is 3.16. The number of aromatic nitrogens is 1. The lowest BCUT2D eigenvalue weighted by Crippen LogP contribution is -2.34. The number of anilines is 1. The van der Waals surface area contributed by atoms with Gasteiger partial charge in [-0.1, -0.05) is 5.16 Å². The van der Waals surface area contributed by atoms with Gasteiger partial charge >= 0.3 is 6.03 Å². The Labute approximate surface area is 146 Å². The largest absolute Gasteiger partial charge is 0.497 e. The summed E-state index contributed by atoms with van der Waals surface area (Å²) in [6, 6.07) is 5.12. The molecule has 0 radical (unpaired) electrons. The topological polar surface area (TPSA) is 76.8 Å². The van der Waals surface area contributed by atoms with Gasteiger partial charge in [-0.25, -0.2) is 4.79 Å². The summed E-state index contributed by atoms with van der Waals surface area (Å²) in [6.45, 7) is 4.49. The highest BCUT2D eigenvalue weighted by Crippen LogP contribution is 2.36. The van der Waals surface area contributed by atoms with E-state index in [4.69, 9.17) is 14.0 Å². The second kappa shape index (κ2) is 7.04. The minimum Gasteiger partial charge on any atom is -0.497 e. The third-order valence-electron chi connectivity index (χ3n) is 4.54. The standard InChI is InChI=1S/C18H23N3O4/c1-11-17(12(2)25-20-11)16-6-5-7-21(16)18(22)19-13-8-14(23-3)10-15(9-13)24-4/h8-10,16H,5-7H2,1-4H3,(H,19,22). The molecule has 1 unspecified atom stereocenters. The summed E-state index contributed by atoms with van der Waals surface area (Å²) in [4.78, 5) is 14.7. The quantitative estimate of drug-likeness (QED) is 0.915. The van der Waals surface area contributed by atoms with Crippen LogP contribution in [0.4, 0.5) is 10.5 Å². The monoisotopic (exact) mass is 345 g/mol. The van der Waals surface area contributed by atoms with E-state index in [9.17, 15) is 4.79 Å². The molecule has 7 nitrogen and oxygen atoms in total. The number of carbonyl (C=O) groups is 1. The zero-order chi connectivity index (χ0) is 18.0. The van der Waals surface area contributed by atoms with Gasteiger partial charge in [0.15, 0.2) is 0 Å². The number of nitrogens with zero attached hydrogens (tertiary/aromatic N) is 2. The van der Waals surface area contributed by atoms with E-state index in [1.807, 2.05) is 18.7 Å². The lowest BCUT2D eigenvalue weighted by Gasteiger charge is -2.25. The van der Waals surface area contributed by atoms with E-state index in [0.29, 0.717) is 23.7 Å². The first-order chi connectivity index (χ1) is 12.0. The van der Waals surface area contributed by atoms with E-state index in [2.05, 4.69) is 10.5 Å². The van der Waals surface area contributed by atoms with E-state index in [1.54, 1.807) is 32.4 Å². The van der Waals surface area contributed by atoms with Crippen LogP contribution in [-0.2, 0) is 0 Å². The van der Waals surface area contributed by atoms with Gasteiger partial charge in [-0.05, 0) is 26.7 Å². The molecule has 1 aliphatic heterocycles. The Morgan fingerprint density at radius 1 is 1.24 bits per heavy atom. The number of carbonyl (C=O) groups excluding carboxylic acids is 1. The molecule has 1 N–H and O–H groups in total. The number of ether oxygens (including phenoxy) is 2. The van der Waals surface area contributed by atoms with E-state index in [0.717, 1.165) is 29.9 Å². The predicted octanol–water partition coefficient (Wildman–Crippen LogP) is 3.68. The summed E-state index contributed by atoms with van der Waals surface area (Å²) < 4.78 is 15.8. The van der Waals surface area contributed by atoms with Crippen LogP contribution in [-0.4, -0.2) is 36.9 Å². The smallest absolute Gasteiger partial charge is 0.322 e. The number of hydrogen-bond acceptors (Lipinski definition) is 5. The summed E-state index contributed by atoms with van der Waals surface area (Å²) in [6.07, 6.45) is 1.85. The molecule has 1 saturated heterocycles. The van der Waals surface area contributed by atoms with Crippen molar-refractivity contribution in [1.29, 1.82) is 0 Å². The van der Waals surface area contributed by atoms with Gasteiger partial charge < -0.3 is 24.2 Å². The zero-order valence-corrected chi connectivity index (χ0v) is 15.0. The second-order valence-electron chi connectivity index (χ2n) is 6.12. The second-order valence-corrected chi connectivity index (χ2v) is 6.12. The van der Waals surface area contributed by atoms with Gasteiger partial charge in [0.25, 0.3) is 0 Å². The highest BCUT2D eigenvalue weighted by molar-refractivity contribution is 5.90. The summed E-state index contributed by atoms with van der Waals surface area (Å²) in [5.74, 6) is 2.02. The van der Waals surface area contributed by atoms with Crippen molar-refractivity contribution >= 4 is 11.7 Å². The Morgan fingerprint density at radius 3 is 2.48 bits per heavy atom. The molecule has 1 fully saturated rings. The highest BCUT2D eigenvalue weighted by Gasteiger charge is 2.33. The highest BCUT2D eigenvalue weighted by atomic mass is 16.5. The maximum absolute atomic E-state index is 12.8. The SMILES string of the molecule is COc1cc(NC(=O)N2CCCC2c2c(C)noc2C)cc(OC)c1. The molecule has 1 aromatic heterocycles. The Balaban J connectivity index is 1.81. The van der Waals surface area contributed by atoms with Crippen LogP contribution in [0.25, 0.3) is 0 Å². The van der Waals surface area contributed by atoms with Gasteiger partial charge in [-0.3, -0.25) is 0 Å². The maximum atomic E-state index is 12.8. The van der Waals surface area contributed by atoms with Gasteiger partial charge in [0.2, 0.25) is 0 Å². The van der Waals surface area contributed by atoms with Gasteiger partial charge in [-0.15, -0.1) is 0 Å². The van der Waals surface area contributed by atoms with Crippen LogP contribution in [0.3, 0.4) is 0 Å². The number of aryl methyl sites for hydroxylation is 2. The lowest BCUT2D eigenvalue weighted by molar-refractivity contribution is 0.206. The molecular weight excluding hydrogens is 322 g/mol. The summed E-state index contributed by atoms with van der Waals surface area (Å²) in [5, 5.41) is 6.96. The Hall–Kier alpha value is -2.70. The van der Waals surface area contributed by atoms with Crippen molar-refractivity contribution in [2.75, 3.05) is 26.1 Å². The first-order valence-corrected chi connectivity index (χ1v) is 8.27. The summed E-state index contributed by atoms with van der Waals surface area (Å²) in [5.41, 5.74) is 2.48. The molecule has 0 bridgehead atoms. The molecule has 7 heteroatoms. The first-order valence-electron chi connectivity index (χ1n) is 8.27. The number of methoxy groups -OCH3 is 2. The molecule has 0 aliphatic carbocycles. The van der Waals surface area contributed by atoms with Gasteiger partial charge in [0, 0.05) is 36.0 Å². The Morgan fingerprint density at radius 2 is 1.92 bits per heavy atom. The van der Waals surface area contributed by atoms with E-state index < -0.39 is 0 Å². The van der Waals surface area contributed by atoms with Crippen LogP contribution in [0.15, 0.2) is 22.7 Å². The average molecular weight is 345 g/mol. The van der Waals surface area contributed by atoms with Crippen molar-refractivity contribution in [2.45, 2.75) is 32.7 Å². The van der Waals surface area contributed by atoms with Crippen LogP contribution < -0.4 is 14.8 Å². The van der Waals surface area contributed by atoms with Crippen molar-refractivity contribution < 1.29 is 18.8 Å². The van der Waals surface area contributed by atoms with Gasteiger partial charge in [0.1, 0.15) is 17.3 Å². The number of hydrogen-bond donors (Lipinski definition) is 1. The fourth-order valence-corrected chi connectivity index (χ4v) is 3.35. The number of likely N-dealkylation sites (tertiary alicyclic amines) is 1. The van der Waals surface area contributed by atoms with E-state index >= 15 is 0 Å². The Bertz CT molecular complexity index is 730. The van der Waals surface area contributed by atoms with Gasteiger partial charge in [0.05, 0.1) is 26.0 Å². The number of urea groups is 1.